The van der Waals surface area contributed by atoms with Crippen LogP contribution in [-0.4, -0.2) is 67.0 Å². The summed E-state index contributed by atoms with van der Waals surface area (Å²) in [5.74, 6) is 1.77. The summed E-state index contributed by atoms with van der Waals surface area (Å²) in [7, 11) is 0. The Morgan fingerprint density at radius 2 is 1.75 bits per heavy atom. The van der Waals surface area contributed by atoms with Crippen LogP contribution in [0, 0.1) is 5.92 Å². The molecule has 0 radical (unpaired) electrons. The minimum absolute atomic E-state index is 0.00859. The van der Waals surface area contributed by atoms with Gasteiger partial charge in [0.05, 0.1) is 17.2 Å². The molecule has 1 fully saturated rings. The zero-order valence-electron chi connectivity index (χ0n) is 20.6. The maximum Gasteiger partial charge on any atom is 0.289 e. The summed E-state index contributed by atoms with van der Waals surface area (Å²) >= 11 is 0. The number of rotatable bonds is 7. The molecule has 0 bridgehead atoms. The Bertz CT molecular complexity index is 1440. The molecule has 0 atom stereocenters. The van der Waals surface area contributed by atoms with Gasteiger partial charge in [-0.05, 0) is 36.6 Å². The zero-order chi connectivity index (χ0) is 25.2. The number of nitrogens with zero attached hydrogens (tertiary/aromatic N) is 6. The van der Waals surface area contributed by atoms with Gasteiger partial charge >= 0.3 is 0 Å². The van der Waals surface area contributed by atoms with Crippen molar-refractivity contribution in [1.29, 1.82) is 0 Å². The Morgan fingerprint density at radius 1 is 1.00 bits per heavy atom. The quantitative estimate of drug-likeness (QED) is 0.394. The smallest absolute Gasteiger partial charge is 0.289 e. The molecule has 1 aliphatic rings. The molecule has 4 aromatic rings. The summed E-state index contributed by atoms with van der Waals surface area (Å²) in [5, 5.41) is 9.33. The van der Waals surface area contributed by atoms with Crippen LogP contribution >= 0.6 is 0 Å². The van der Waals surface area contributed by atoms with E-state index in [1.807, 2.05) is 28.7 Å². The van der Waals surface area contributed by atoms with Gasteiger partial charge in [-0.3, -0.25) is 23.4 Å². The van der Waals surface area contributed by atoms with Gasteiger partial charge in [0.1, 0.15) is 5.82 Å². The van der Waals surface area contributed by atoms with Gasteiger partial charge in [-0.2, -0.15) is 0 Å². The lowest BCUT2D eigenvalue weighted by Crippen LogP contribution is -2.50. The fourth-order valence-electron chi connectivity index (χ4n) is 4.66. The molecule has 10 nitrogen and oxygen atoms in total. The minimum Gasteiger partial charge on any atom is -0.459 e. The lowest BCUT2D eigenvalue weighted by atomic mass is 10.1. The minimum atomic E-state index is -0.155. The third-order valence-electron chi connectivity index (χ3n) is 6.72. The van der Waals surface area contributed by atoms with Gasteiger partial charge in [0.2, 0.25) is 11.7 Å². The fourth-order valence-corrected chi connectivity index (χ4v) is 4.66. The molecule has 1 aromatic carbocycles. The van der Waals surface area contributed by atoms with Gasteiger partial charge in [0.25, 0.3) is 11.5 Å². The maximum absolute atomic E-state index is 13.2. The Morgan fingerprint density at radius 3 is 2.47 bits per heavy atom. The summed E-state index contributed by atoms with van der Waals surface area (Å²) in [6.45, 7) is 6.68. The fraction of sp³-hybridized carbons (Fsp3) is 0.423. The Kier molecular flexibility index (Phi) is 6.58. The van der Waals surface area contributed by atoms with Gasteiger partial charge in [-0.25, -0.2) is 0 Å². The molecule has 0 unspecified atom stereocenters. The van der Waals surface area contributed by atoms with Crippen LogP contribution in [0.1, 0.15) is 43.1 Å². The number of hydrogen-bond acceptors (Lipinski definition) is 6. The molecule has 5 rings (SSSR count). The number of carbonyl (C=O) groups excluding carboxylic acids is 2. The van der Waals surface area contributed by atoms with Crippen LogP contribution in [0.25, 0.3) is 16.7 Å². The van der Waals surface area contributed by atoms with Crippen molar-refractivity contribution in [2.45, 2.75) is 39.7 Å². The first-order valence-electron chi connectivity index (χ1n) is 12.4. The van der Waals surface area contributed by atoms with Crippen molar-refractivity contribution in [3.63, 3.8) is 0 Å². The second-order valence-corrected chi connectivity index (χ2v) is 9.56. The van der Waals surface area contributed by atoms with Gasteiger partial charge in [0, 0.05) is 45.6 Å². The van der Waals surface area contributed by atoms with E-state index in [9.17, 15) is 14.4 Å². The highest BCUT2D eigenvalue weighted by Gasteiger charge is 2.26. The lowest BCUT2D eigenvalue weighted by Gasteiger charge is -2.34. The average Bonchev–Trinajstić information content (AvgIpc) is 3.57. The van der Waals surface area contributed by atoms with Crippen LogP contribution in [0.3, 0.4) is 0 Å². The normalized spacial score (nSPS) is 14.3. The van der Waals surface area contributed by atoms with Crippen LogP contribution in [0.2, 0.25) is 0 Å². The highest BCUT2D eigenvalue weighted by atomic mass is 16.3. The number of piperazine rings is 1. The summed E-state index contributed by atoms with van der Waals surface area (Å²) in [5.41, 5.74) is 0.673. The number of benzene rings is 1. The number of hydrogen-bond donors (Lipinski definition) is 0. The number of carbonyl (C=O) groups is 2. The van der Waals surface area contributed by atoms with E-state index in [2.05, 4.69) is 24.0 Å². The van der Waals surface area contributed by atoms with E-state index in [0.717, 1.165) is 11.9 Å². The number of fused-ring (bicyclic) bond motifs is 3. The van der Waals surface area contributed by atoms with Crippen molar-refractivity contribution < 1.29 is 14.0 Å². The number of furan rings is 1. The predicted octanol–water partition coefficient (Wildman–Crippen LogP) is 2.60. The molecule has 1 aliphatic heterocycles. The van der Waals surface area contributed by atoms with Crippen molar-refractivity contribution in [1.82, 2.24) is 29.0 Å². The first kappa shape index (κ1) is 23.8. The molecule has 10 heteroatoms. The Balaban J connectivity index is 1.31. The van der Waals surface area contributed by atoms with Crippen molar-refractivity contribution in [2.75, 3.05) is 26.2 Å². The first-order valence-corrected chi connectivity index (χ1v) is 12.4. The summed E-state index contributed by atoms with van der Waals surface area (Å²) < 4.78 is 8.80. The van der Waals surface area contributed by atoms with Crippen molar-refractivity contribution in [3.05, 3.63) is 64.6 Å². The van der Waals surface area contributed by atoms with E-state index in [-0.39, 0.29) is 23.8 Å². The monoisotopic (exact) mass is 490 g/mol. The summed E-state index contributed by atoms with van der Waals surface area (Å²) in [4.78, 5) is 42.1. The third-order valence-corrected chi connectivity index (χ3v) is 6.72. The van der Waals surface area contributed by atoms with Crippen molar-refractivity contribution in [2.24, 2.45) is 5.92 Å². The van der Waals surface area contributed by atoms with Gasteiger partial charge in [0.15, 0.2) is 5.76 Å². The molecular weight excluding hydrogens is 460 g/mol. The standard InChI is InChI=1S/C26H30N6O4/c1-18(2)11-12-31-24(34)19-6-3-4-7-20(19)32-22(27-28-26(31)32)9-10-23(33)29-13-15-30(16-14-29)25(35)21-8-5-17-36-21/h3-8,17-18H,9-16H2,1-2H3. The van der Waals surface area contributed by atoms with Crippen LogP contribution in [0.4, 0.5) is 0 Å². The van der Waals surface area contributed by atoms with E-state index in [0.29, 0.717) is 67.8 Å². The summed E-state index contributed by atoms with van der Waals surface area (Å²) in [6, 6.07) is 10.8. The van der Waals surface area contributed by atoms with Crippen LogP contribution in [0.15, 0.2) is 51.9 Å². The zero-order valence-corrected chi connectivity index (χ0v) is 20.6. The Hall–Kier alpha value is -3.95. The van der Waals surface area contributed by atoms with Crippen molar-refractivity contribution >= 4 is 28.5 Å². The number of para-hydroxylation sites is 1. The van der Waals surface area contributed by atoms with Crippen LogP contribution < -0.4 is 5.56 Å². The Labute approximate surface area is 208 Å². The predicted molar refractivity (Wildman–Crippen MR) is 134 cm³/mol. The van der Waals surface area contributed by atoms with E-state index < -0.39 is 0 Å². The second kappa shape index (κ2) is 9.96. The van der Waals surface area contributed by atoms with E-state index in [4.69, 9.17) is 4.42 Å². The maximum atomic E-state index is 13.2. The van der Waals surface area contributed by atoms with Crippen LogP contribution in [0.5, 0.6) is 0 Å². The molecule has 3 aromatic heterocycles. The lowest BCUT2D eigenvalue weighted by molar-refractivity contribution is -0.132. The molecule has 0 aliphatic carbocycles. The third kappa shape index (κ3) is 4.50. The van der Waals surface area contributed by atoms with Crippen molar-refractivity contribution in [3.8, 4) is 0 Å². The molecular formula is C26H30N6O4. The number of aryl methyl sites for hydroxylation is 2. The first-order chi connectivity index (χ1) is 17.4. The molecule has 1 saturated heterocycles. The second-order valence-electron chi connectivity index (χ2n) is 9.56. The van der Waals surface area contributed by atoms with Gasteiger partial charge in [-0.1, -0.05) is 26.0 Å². The van der Waals surface area contributed by atoms with E-state index >= 15 is 0 Å². The van der Waals surface area contributed by atoms with E-state index in [1.54, 1.807) is 26.5 Å². The summed E-state index contributed by atoms with van der Waals surface area (Å²) in [6.07, 6.45) is 3.00. The molecule has 0 N–H and O–H groups in total. The number of aromatic nitrogens is 4. The molecule has 2 amide bonds. The van der Waals surface area contributed by atoms with Crippen LogP contribution in [-0.2, 0) is 17.8 Å². The van der Waals surface area contributed by atoms with Gasteiger partial charge < -0.3 is 14.2 Å². The van der Waals surface area contributed by atoms with Gasteiger partial charge in [-0.15, -0.1) is 10.2 Å². The SMILES string of the molecule is CC(C)CCn1c(=O)c2ccccc2n2c(CCC(=O)N3CCN(C(=O)c4ccco4)CC3)nnc12. The highest BCUT2D eigenvalue weighted by molar-refractivity contribution is 5.91. The molecule has 0 spiro atoms. The molecule has 4 heterocycles. The highest BCUT2D eigenvalue weighted by Crippen LogP contribution is 2.17. The molecule has 188 valence electrons. The largest absolute Gasteiger partial charge is 0.459 e. The van der Waals surface area contributed by atoms with E-state index in [1.165, 1.54) is 6.26 Å². The number of amides is 2. The molecule has 0 saturated carbocycles. The molecule has 36 heavy (non-hydrogen) atoms. The topological polar surface area (TPSA) is 106 Å². The average molecular weight is 491 g/mol.